The van der Waals surface area contributed by atoms with Crippen molar-refractivity contribution >= 4 is 22.6 Å². The largest absolute Gasteiger partial charge is 0.337 e. The van der Waals surface area contributed by atoms with E-state index < -0.39 is 0 Å². The molecule has 1 aliphatic rings. The number of likely N-dealkylation sites (tertiary alicyclic amines) is 1. The number of benzene rings is 2. The van der Waals surface area contributed by atoms with Crippen molar-refractivity contribution in [2.45, 2.75) is 39.5 Å². The van der Waals surface area contributed by atoms with Gasteiger partial charge in [-0.3, -0.25) is 4.98 Å². The Labute approximate surface area is 191 Å². The van der Waals surface area contributed by atoms with Crippen molar-refractivity contribution in [1.82, 2.24) is 15.2 Å². The first-order valence-electron chi connectivity index (χ1n) is 11.8. The normalized spacial score (nSPS) is 15.1. The molecule has 2 aromatic carbocycles. The van der Waals surface area contributed by atoms with E-state index in [9.17, 15) is 4.79 Å². The molecule has 4 rings (SSSR count). The number of nitrogens with zero attached hydrogens (tertiary/aromatic N) is 2. The minimum Gasteiger partial charge on any atom is -0.337 e. The molecule has 0 bridgehead atoms. The number of fused-ring (bicyclic) bond motifs is 1. The van der Waals surface area contributed by atoms with E-state index in [1.807, 2.05) is 37.3 Å². The first-order chi connectivity index (χ1) is 15.6. The lowest BCUT2D eigenvalue weighted by Gasteiger charge is -2.32. The summed E-state index contributed by atoms with van der Waals surface area (Å²) in [6.45, 7) is 7.95. The van der Waals surface area contributed by atoms with Crippen LogP contribution >= 0.6 is 0 Å². The van der Waals surface area contributed by atoms with Gasteiger partial charge in [0.2, 0.25) is 0 Å². The molecule has 0 spiro atoms. The molecule has 2 amide bonds. The van der Waals surface area contributed by atoms with Gasteiger partial charge in [0.15, 0.2) is 0 Å². The van der Waals surface area contributed by atoms with Crippen LogP contribution in [0.3, 0.4) is 0 Å². The topological polar surface area (TPSA) is 57.3 Å². The van der Waals surface area contributed by atoms with Crippen LogP contribution in [0.5, 0.6) is 0 Å². The number of aryl methyl sites for hydroxylation is 3. The van der Waals surface area contributed by atoms with Gasteiger partial charge in [-0.05, 0) is 81.8 Å². The third-order valence-corrected chi connectivity index (χ3v) is 6.60. The van der Waals surface area contributed by atoms with Gasteiger partial charge in [0.25, 0.3) is 0 Å². The Morgan fingerprint density at radius 3 is 2.62 bits per heavy atom. The Kier molecular flexibility index (Phi) is 7.38. The summed E-state index contributed by atoms with van der Waals surface area (Å²) in [5.74, 6) is 0.810. The summed E-state index contributed by atoms with van der Waals surface area (Å²) in [6.07, 6.45) is 4.96. The monoisotopic (exact) mass is 430 g/mol. The first-order valence-corrected chi connectivity index (χ1v) is 11.8. The standard InChI is InChI=1S/C27H34N4O/c1-20-7-3-4-8-23(20)12-11-22-13-16-31(17-14-22)18-15-28-27(32)30-26-19-21(2)29-25-10-6-5-9-24(25)26/h3-10,19,22H,11-18H2,1-2H3,(H2,28,29,30,32). The van der Waals surface area contributed by atoms with Crippen LogP contribution in [0.25, 0.3) is 10.9 Å². The van der Waals surface area contributed by atoms with Crippen molar-refractivity contribution in [1.29, 1.82) is 0 Å². The lowest BCUT2D eigenvalue weighted by Crippen LogP contribution is -2.40. The zero-order valence-electron chi connectivity index (χ0n) is 19.2. The molecule has 0 unspecified atom stereocenters. The number of amides is 2. The number of aromatic nitrogens is 1. The number of anilines is 1. The summed E-state index contributed by atoms with van der Waals surface area (Å²) in [5.41, 5.74) is 5.49. The lowest BCUT2D eigenvalue weighted by molar-refractivity contribution is 0.180. The average Bonchev–Trinajstić information content (AvgIpc) is 2.79. The van der Waals surface area contributed by atoms with E-state index in [1.54, 1.807) is 0 Å². The summed E-state index contributed by atoms with van der Waals surface area (Å²) < 4.78 is 0. The number of hydrogen-bond donors (Lipinski definition) is 2. The molecule has 1 fully saturated rings. The second kappa shape index (κ2) is 10.6. The molecule has 1 saturated heterocycles. The van der Waals surface area contributed by atoms with Gasteiger partial charge in [0, 0.05) is 24.2 Å². The molecule has 0 saturated carbocycles. The van der Waals surface area contributed by atoms with Crippen LogP contribution in [-0.4, -0.2) is 42.1 Å². The molecule has 0 aliphatic carbocycles. The number of pyridine rings is 1. The molecule has 1 aliphatic heterocycles. The van der Waals surface area contributed by atoms with Gasteiger partial charge in [-0.2, -0.15) is 0 Å². The summed E-state index contributed by atoms with van der Waals surface area (Å²) in [5, 5.41) is 6.97. The number of carbonyl (C=O) groups is 1. The SMILES string of the molecule is Cc1cc(NC(=O)NCCN2CCC(CCc3ccccc3C)CC2)c2ccccc2n1. The van der Waals surface area contributed by atoms with Crippen LogP contribution in [-0.2, 0) is 6.42 Å². The third-order valence-electron chi connectivity index (χ3n) is 6.60. The smallest absolute Gasteiger partial charge is 0.319 e. The number of hydrogen-bond acceptors (Lipinski definition) is 3. The fourth-order valence-corrected chi connectivity index (χ4v) is 4.65. The van der Waals surface area contributed by atoms with Crippen LogP contribution in [0.4, 0.5) is 10.5 Å². The summed E-state index contributed by atoms with van der Waals surface area (Å²) in [6, 6.07) is 18.4. The highest BCUT2D eigenvalue weighted by Crippen LogP contribution is 2.24. The van der Waals surface area contributed by atoms with Crippen molar-refractivity contribution in [3.63, 3.8) is 0 Å². The van der Waals surface area contributed by atoms with Crippen LogP contribution < -0.4 is 10.6 Å². The molecule has 1 aromatic heterocycles. The Bertz CT molecular complexity index is 1060. The lowest BCUT2D eigenvalue weighted by atomic mass is 9.89. The van der Waals surface area contributed by atoms with E-state index >= 15 is 0 Å². The fourth-order valence-electron chi connectivity index (χ4n) is 4.65. The molecule has 0 atom stereocenters. The second-order valence-electron chi connectivity index (χ2n) is 8.96. The van der Waals surface area contributed by atoms with Crippen molar-refractivity contribution < 1.29 is 4.79 Å². The van der Waals surface area contributed by atoms with Gasteiger partial charge in [-0.25, -0.2) is 4.79 Å². The quantitative estimate of drug-likeness (QED) is 0.533. The summed E-state index contributed by atoms with van der Waals surface area (Å²) in [4.78, 5) is 19.4. The third kappa shape index (κ3) is 5.86. The van der Waals surface area contributed by atoms with E-state index in [0.29, 0.717) is 6.54 Å². The maximum atomic E-state index is 12.4. The number of rotatable bonds is 7. The number of para-hydroxylation sites is 1. The van der Waals surface area contributed by atoms with Crippen LogP contribution in [0.2, 0.25) is 0 Å². The minimum atomic E-state index is -0.158. The maximum Gasteiger partial charge on any atom is 0.319 e. The van der Waals surface area contributed by atoms with Crippen LogP contribution in [0, 0.1) is 19.8 Å². The molecule has 5 heteroatoms. The van der Waals surface area contributed by atoms with E-state index in [2.05, 4.69) is 51.7 Å². The Hall–Kier alpha value is -2.92. The number of carbonyl (C=O) groups excluding carboxylic acids is 1. The van der Waals surface area contributed by atoms with Crippen molar-refractivity contribution in [2.75, 3.05) is 31.5 Å². The van der Waals surface area contributed by atoms with Crippen LogP contribution in [0.15, 0.2) is 54.6 Å². The highest BCUT2D eigenvalue weighted by Gasteiger charge is 2.19. The zero-order valence-corrected chi connectivity index (χ0v) is 19.2. The molecular formula is C27H34N4O. The first kappa shape index (κ1) is 22.3. The summed E-state index contributed by atoms with van der Waals surface area (Å²) in [7, 11) is 0. The van der Waals surface area contributed by atoms with E-state index in [1.165, 1.54) is 36.8 Å². The maximum absolute atomic E-state index is 12.4. The number of piperidine rings is 1. The van der Waals surface area contributed by atoms with Gasteiger partial charge >= 0.3 is 6.03 Å². The fraction of sp³-hybridized carbons (Fsp3) is 0.407. The van der Waals surface area contributed by atoms with Crippen molar-refractivity contribution in [3.8, 4) is 0 Å². The zero-order chi connectivity index (χ0) is 22.3. The molecule has 32 heavy (non-hydrogen) atoms. The van der Waals surface area contributed by atoms with Gasteiger partial charge in [-0.15, -0.1) is 0 Å². The van der Waals surface area contributed by atoms with E-state index in [0.717, 1.165) is 47.8 Å². The molecule has 3 aromatic rings. The van der Waals surface area contributed by atoms with Crippen molar-refractivity contribution in [2.24, 2.45) is 5.92 Å². The minimum absolute atomic E-state index is 0.158. The molecule has 0 radical (unpaired) electrons. The van der Waals surface area contributed by atoms with Gasteiger partial charge in [-0.1, -0.05) is 42.5 Å². The molecule has 2 heterocycles. The van der Waals surface area contributed by atoms with Gasteiger partial charge in [0.1, 0.15) is 0 Å². The highest BCUT2D eigenvalue weighted by molar-refractivity contribution is 6.00. The van der Waals surface area contributed by atoms with Crippen LogP contribution in [0.1, 0.15) is 36.1 Å². The molecule has 168 valence electrons. The molecule has 5 nitrogen and oxygen atoms in total. The number of nitrogens with one attached hydrogen (secondary N) is 2. The second-order valence-corrected chi connectivity index (χ2v) is 8.96. The predicted octanol–water partition coefficient (Wildman–Crippen LogP) is 5.32. The Morgan fingerprint density at radius 2 is 1.81 bits per heavy atom. The van der Waals surface area contributed by atoms with Gasteiger partial charge in [0.05, 0.1) is 11.2 Å². The number of urea groups is 1. The van der Waals surface area contributed by atoms with Gasteiger partial charge < -0.3 is 15.5 Å². The molecule has 2 N–H and O–H groups in total. The molecular weight excluding hydrogens is 396 g/mol. The summed E-state index contributed by atoms with van der Waals surface area (Å²) >= 11 is 0. The Morgan fingerprint density at radius 1 is 1.06 bits per heavy atom. The predicted molar refractivity (Wildman–Crippen MR) is 132 cm³/mol. The average molecular weight is 431 g/mol. The van der Waals surface area contributed by atoms with Crippen molar-refractivity contribution in [3.05, 3.63) is 71.4 Å². The highest BCUT2D eigenvalue weighted by atomic mass is 16.2. The van der Waals surface area contributed by atoms with E-state index in [-0.39, 0.29) is 6.03 Å². The van der Waals surface area contributed by atoms with E-state index in [4.69, 9.17) is 0 Å². The Balaban J connectivity index is 1.17.